The lowest BCUT2D eigenvalue weighted by molar-refractivity contribution is -0.122. The first-order valence-electron chi connectivity index (χ1n) is 7.80. The van der Waals surface area contributed by atoms with Gasteiger partial charge in [0, 0.05) is 11.4 Å². The molecule has 0 unspecified atom stereocenters. The van der Waals surface area contributed by atoms with Gasteiger partial charge in [-0.2, -0.15) is 0 Å². The maximum absolute atomic E-state index is 12.3. The summed E-state index contributed by atoms with van der Waals surface area (Å²) < 4.78 is 5.59. The molecule has 0 aliphatic carbocycles. The second kappa shape index (κ2) is 8.49. The molecular weight excluding hydrogens is 393 g/mol. The number of carbonyl (C=O) groups is 1. The van der Waals surface area contributed by atoms with E-state index in [-0.39, 0.29) is 5.91 Å². The smallest absolute Gasteiger partial charge is 0.266 e. The van der Waals surface area contributed by atoms with Gasteiger partial charge < -0.3 is 4.74 Å². The van der Waals surface area contributed by atoms with Crippen molar-refractivity contribution in [2.45, 2.75) is 19.4 Å². The number of ether oxygens (including phenoxy) is 1. The van der Waals surface area contributed by atoms with Gasteiger partial charge in [0.1, 0.15) is 10.8 Å². The van der Waals surface area contributed by atoms with Gasteiger partial charge in [-0.15, -0.1) is 10.2 Å². The lowest BCUT2D eigenvalue weighted by atomic mass is 10.2. The minimum absolute atomic E-state index is 0.335. The van der Waals surface area contributed by atoms with Crippen molar-refractivity contribution in [2.75, 3.05) is 5.32 Å². The van der Waals surface area contributed by atoms with Crippen LogP contribution in [0.3, 0.4) is 0 Å². The average Bonchev–Trinajstić information content (AvgIpc) is 3.05. The third-order valence-electron chi connectivity index (χ3n) is 3.46. The van der Waals surface area contributed by atoms with Crippen molar-refractivity contribution in [1.82, 2.24) is 10.2 Å². The zero-order chi connectivity index (χ0) is 18.5. The van der Waals surface area contributed by atoms with Gasteiger partial charge in [0.15, 0.2) is 6.10 Å². The van der Waals surface area contributed by atoms with Crippen molar-refractivity contribution in [1.29, 1.82) is 0 Å². The Labute approximate surface area is 164 Å². The molecule has 3 aromatic rings. The molecule has 0 saturated carbocycles. The Kier molecular flexibility index (Phi) is 6.08. The van der Waals surface area contributed by atoms with Crippen LogP contribution in [0.1, 0.15) is 17.5 Å². The van der Waals surface area contributed by atoms with E-state index in [0.717, 1.165) is 10.6 Å². The van der Waals surface area contributed by atoms with E-state index in [2.05, 4.69) is 15.5 Å². The van der Waals surface area contributed by atoms with Crippen molar-refractivity contribution in [3.05, 3.63) is 69.1 Å². The van der Waals surface area contributed by atoms with E-state index >= 15 is 0 Å². The zero-order valence-electron chi connectivity index (χ0n) is 13.8. The summed E-state index contributed by atoms with van der Waals surface area (Å²) >= 11 is 13.2. The van der Waals surface area contributed by atoms with E-state index in [9.17, 15) is 4.79 Å². The standard InChI is InChI=1S/C18H15Cl2N3O2S/c1-11(25-15-8-7-13(19)10-14(15)20)17(24)21-18-23-22-16(26-18)9-12-5-3-2-4-6-12/h2-8,10-11H,9H2,1H3,(H,21,23,24)/t11-/m1/s1. The summed E-state index contributed by atoms with van der Waals surface area (Å²) in [6, 6.07) is 14.8. The van der Waals surface area contributed by atoms with Crippen LogP contribution < -0.4 is 10.1 Å². The van der Waals surface area contributed by atoms with Gasteiger partial charge in [0.2, 0.25) is 5.13 Å². The number of aromatic nitrogens is 2. The molecule has 2 aromatic carbocycles. The van der Waals surface area contributed by atoms with E-state index < -0.39 is 6.10 Å². The SMILES string of the molecule is C[C@@H](Oc1ccc(Cl)cc1Cl)C(=O)Nc1nnc(Cc2ccccc2)s1. The summed E-state index contributed by atoms with van der Waals surface area (Å²) in [5.41, 5.74) is 1.13. The summed E-state index contributed by atoms with van der Waals surface area (Å²) in [4.78, 5) is 12.3. The first-order chi connectivity index (χ1) is 12.5. The molecule has 134 valence electrons. The van der Waals surface area contributed by atoms with Gasteiger partial charge in [-0.1, -0.05) is 64.9 Å². The van der Waals surface area contributed by atoms with Crippen LogP contribution in [0.15, 0.2) is 48.5 Å². The predicted molar refractivity (Wildman–Crippen MR) is 104 cm³/mol. The van der Waals surface area contributed by atoms with Crippen molar-refractivity contribution in [3.8, 4) is 5.75 Å². The second-order valence-corrected chi connectivity index (χ2v) is 7.39. The second-order valence-electron chi connectivity index (χ2n) is 5.49. The molecule has 0 bridgehead atoms. The van der Waals surface area contributed by atoms with E-state index in [1.165, 1.54) is 11.3 Å². The molecule has 1 amide bonds. The number of amides is 1. The molecule has 1 heterocycles. The van der Waals surface area contributed by atoms with E-state index in [1.807, 2.05) is 30.3 Å². The number of carbonyl (C=O) groups excluding carboxylic acids is 1. The number of halogens is 2. The molecule has 0 spiro atoms. The molecule has 8 heteroatoms. The van der Waals surface area contributed by atoms with E-state index in [0.29, 0.717) is 27.3 Å². The Morgan fingerprint density at radius 1 is 1.19 bits per heavy atom. The molecule has 1 atom stereocenters. The van der Waals surface area contributed by atoms with Crippen LogP contribution in [-0.4, -0.2) is 22.2 Å². The van der Waals surface area contributed by atoms with Crippen LogP contribution in [-0.2, 0) is 11.2 Å². The highest BCUT2D eigenvalue weighted by Crippen LogP contribution is 2.28. The van der Waals surface area contributed by atoms with Crippen molar-refractivity contribution in [2.24, 2.45) is 0 Å². The highest BCUT2D eigenvalue weighted by Gasteiger charge is 2.18. The van der Waals surface area contributed by atoms with Crippen molar-refractivity contribution >= 4 is 45.6 Å². The van der Waals surface area contributed by atoms with Gasteiger partial charge >= 0.3 is 0 Å². The van der Waals surface area contributed by atoms with Gasteiger partial charge in [0.25, 0.3) is 5.91 Å². The number of nitrogens with one attached hydrogen (secondary N) is 1. The van der Waals surface area contributed by atoms with Crippen LogP contribution in [0.4, 0.5) is 5.13 Å². The third-order valence-corrected chi connectivity index (χ3v) is 4.83. The normalized spacial score (nSPS) is 11.8. The van der Waals surface area contributed by atoms with Gasteiger partial charge in [-0.25, -0.2) is 0 Å². The fraction of sp³-hybridized carbons (Fsp3) is 0.167. The van der Waals surface area contributed by atoms with Gasteiger partial charge in [0.05, 0.1) is 5.02 Å². The maximum Gasteiger partial charge on any atom is 0.266 e. The van der Waals surface area contributed by atoms with Crippen molar-refractivity contribution in [3.63, 3.8) is 0 Å². The Morgan fingerprint density at radius 2 is 1.96 bits per heavy atom. The first-order valence-corrected chi connectivity index (χ1v) is 9.37. The quantitative estimate of drug-likeness (QED) is 0.634. The lowest BCUT2D eigenvalue weighted by Crippen LogP contribution is -2.30. The lowest BCUT2D eigenvalue weighted by Gasteiger charge is -2.14. The van der Waals surface area contributed by atoms with Crippen molar-refractivity contribution < 1.29 is 9.53 Å². The molecule has 1 N–H and O–H groups in total. The number of benzene rings is 2. The van der Waals surface area contributed by atoms with E-state index in [1.54, 1.807) is 25.1 Å². The largest absolute Gasteiger partial charge is 0.479 e. The molecule has 5 nitrogen and oxygen atoms in total. The summed E-state index contributed by atoms with van der Waals surface area (Å²) in [6.07, 6.45) is -0.0870. The molecule has 0 aliphatic heterocycles. The van der Waals surface area contributed by atoms with Gasteiger partial charge in [-0.3, -0.25) is 10.1 Å². The number of nitrogens with zero attached hydrogens (tertiary/aromatic N) is 2. The number of hydrogen-bond acceptors (Lipinski definition) is 5. The number of rotatable bonds is 6. The third kappa shape index (κ3) is 4.94. The summed E-state index contributed by atoms with van der Waals surface area (Å²) in [5.74, 6) is 0.0548. The Hall–Kier alpha value is -2.15. The monoisotopic (exact) mass is 407 g/mol. The summed E-state index contributed by atoms with van der Waals surface area (Å²) in [6.45, 7) is 1.63. The zero-order valence-corrected chi connectivity index (χ0v) is 16.1. The molecular formula is C18H15Cl2N3O2S. The molecule has 1 aromatic heterocycles. The number of anilines is 1. The van der Waals surface area contributed by atoms with Crippen LogP contribution in [0.5, 0.6) is 5.75 Å². The molecule has 0 radical (unpaired) electrons. The fourth-order valence-electron chi connectivity index (χ4n) is 2.17. The molecule has 26 heavy (non-hydrogen) atoms. The minimum Gasteiger partial charge on any atom is -0.479 e. The summed E-state index contributed by atoms with van der Waals surface area (Å²) in [5, 5.41) is 12.9. The number of hydrogen-bond donors (Lipinski definition) is 1. The van der Waals surface area contributed by atoms with Crippen LogP contribution in [0, 0.1) is 0 Å². The Morgan fingerprint density at radius 3 is 2.69 bits per heavy atom. The van der Waals surface area contributed by atoms with Crippen LogP contribution in [0.2, 0.25) is 10.0 Å². The van der Waals surface area contributed by atoms with Gasteiger partial charge in [-0.05, 0) is 30.7 Å². The minimum atomic E-state index is -0.754. The highest BCUT2D eigenvalue weighted by atomic mass is 35.5. The average molecular weight is 408 g/mol. The van der Waals surface area contributed by atoms with E-state index in [4.69, 9.17) is 27.9 Å². The Bertz CT molecular complexity index is 902. The summed E-state index contributed by atoms with van der Waals surface area (Å²) in [7, 11) is 0. The van der Waals surface area contributed by atoms with Crippen LogP contribution >= 0.6 is 34.5 Å². The highest BCUT2D eigenvalue weighted by molar-refractivity contribution is 7.15. The topological polar surface area (TPSA) is 64.1 Å². The predicted octanol–water partition coefficient (Wildman–Crippen LogP) is 4.84. The molecule has 0 saturated heterocycles. The molecule has 3 rings (SSSR count). The maximum atomic E-state index is 12.3. The fourth-order valence-corrected chi connectivity index (χ4v) is 3.40. The first kappa shape index (κ1) is 18.6. The molecule has 0 aliphatic rings. The van der Waals surface area contributed by atoms with Crippen LogP contribution in [0.25, 0.3) is 0 Å². The Balaban J connectivity index is 1.59. The molecule has 0 fully saturated rings.